The van der Waals surface area contributed by atoms with E-state index in [4.69, 9.17) is 14.2 Å². The second-order valence-corrected chi connectivity index (χ2v) is 7.06. The lowest BCUT2D eigenvalue weighted by atomic mass is 9.57. The lowest BCUT2D eigenvalue weighted by Gasteiger charge is -2.55. The molecule has 2 heterocycles. The van der Waals surface area contributed by atoms with Crippen molar-refractivity contribution in [3.05, 3.63) is 0 Å². The van der Waals surface area contributed by atoms with Gasteiger partial charge in [-0.15, -0.1) is 0 Å². The molecule has 116 valence electrons. The number of rotatable bonds is 7. The Balaban J connectivity index is 1.26. The van der Waals surface area contributed by atoms with E-state index in [2.05, 4.69) is 19.2 Å². The smallest absolute Gasteiger partial charge is 0.0809 e. The summed E-state index contributed by atoms with van der Waals surface area (Å²) < 4.78 is 17.1. The predicted octanol–water partition coefficient (Wildman–Crippen LogP) is 1.98. The van der Waals surface area contributed by atoms with E-state index >= 15 is 0 Å². The minimum Gasteiger partial charge on any atom is -0.379 e. The summed E-state index contributed by atoms with van der Waals surface area (Å²) >= 11 is 0. The first-order chi connectivity index (χ1) is 9.69. The average molecular weight is 283 g/mol. The maximum atomic E-state index is 5.82. The molecule has 4 atom stereocenters. The standard InChI is InChI=1S/C16H29NO3/c1-16(2)14(13-6-10-20-15(13)16)17-7-4-8-18-11-12-5-3-9-19-12/h12-15,17H,3-11H2,1-2H3. The molecule has 2 aliphatic heterocycles. The maximum Gasteiger partial charge on any atom is 0.0809 e. The van der Waals surface area contributed by atoms with E-state index in [-0.39, 0.29) is 0 Å². The van der Waals surface area contributed by atoms with Crippen LogP contribution in [-0.2, 0) is 14.2 Å². The molecule has 0 bridgehead atoms. The van der Waals surface area contributed by atoms with E-state index in [1.165, 1.54) is 12.8 Å². The van der Waals surface area contributed by atoms with Crippen molar-refractivity contribution in [1.29, 1.82) is 0 Å². The largest absolute Gasteiger partial charge is 0.379 e. The molecule has 4 heteroatoms. The molecule has 0 radical (unpaired) electrons. The van der Waals surface area contributed by atoms with Gasteiger partial charge in [0.25, 0.3) is 0 Å². The molecule has 4 nitrogen and oxygen atoms in total. The van der Waals surface area contributed by atoms with E-state index in [1.807, 2.05) is 0 Å². The number of hydrogen-bond donors (Lipinski definition) is 1. The molecule has 0 aromatic rings. The second-order valence-electron chi connectivity index (χ2n) is 7.06. The molecule has 4 unspecified atom stereocenters. The van der Waals surface area contributed by atoms with E-state index < -0.39 is 0 Å². The molecular weight excluding hydrogens is 254 g/mol. The first kappa shape index (κ1) is 14.8. The van der Waals surface area contributed by atoms with Crippen LogP contribution in [0.25, 0.3) is 0 Å². The summed E-state index contributed by atoms with van der Waals surface area (Å²) in [7, 11) is 0. The Bertz CT molecular complexity index is 315. The van der Waals surface area contributed by atoms with Crippen LogP contribution in [0.1, 0.15) is 39.5 Å². The van der Waals surface area contributed by atoms with Crippen molar-refractivity contribution < 1.29 is 14.2 Å². The van der Waals surface area contributed by atoms with Gasteiger partial charge in [-0.25, -0.2) is 0 Å². The normalized spacial score (nSPS) is 38.7. The maximum absolute atomic E-state index is 5.82. The molecule has 3 aliphatic rings. The Hall–Kier alpha value is -0.160. The quantitative estimate of drug-likeness (QED) is 0.725. The van der Waals surface area contributed by atoms with Gasteiger partial charge in [-0.05, 0) is 32.2 Å². The molecule has 0 amide bonds. The molecule has 3 rings (SSSR count). The van der Waals surface area contributed by atoms with Crippen LogP contribution in [-0.4, -0.2) is 51.2 Å². The van der Waals surface area contributed by atoms with Crippen molar-refractivity contribution in [1.82, 2.24) is 5.32 Å². The third-order valence-corrected chi connectivity index (χ3v) is 5.26. The fraction of sp³-hybridized carbons (Fsp3) is 1.00. The average Bonchev–Trinajstić information content (AvgIpc) is 3.07. The van der Waals surface area contributed by atoms with Crippen molar-refractivity contribution in [3.63, 3.8) is 0 Å². The van der Waals surface area contributed by atoms with Crippen molar-refractivity contribution in [2.45, 2.75) is 57.8 Å². The Labute approximate surface area is 122 Å². The topological polar surface area (TPSA) is 39.7 Å². The van der Waals surface area contributed by atoms with Gasteiger partial charge in [-0.1, -0.05) is 13.8 Å². The highest BCUT2D eigenvalue weighted by molar-refractivity contribution is 5.11. The van der Waals surface area contributed by atoms with Crippen LogP contribution in [0.4, 0.5) is 0 Å². The summed E-state index contributed by atoms with van der Waals surface area (Å²) in [5.41, 5.74) is 0.291. The van der Waals surface area contributed by atoms with Crippen LogP contribution < -0.4 is 5.32 Å². The monoisotopic (exact) mass is 283 g/mol. The van der Waals surface area contributed by atoms with Crippen molar-refractivity contribution in [3.8, 4) is 0 Å². The Morgan fingerprint density at radius 2 is 2.10 bits per heavy atom. The van der Waals surface area contributed by atoms with Crippen LogP contribution in [0, 0.1) is 11.3 Å². The summed E-state index contributed by atoms with van der Waals surface area (Å²) in [5, 5.41) is 3.72. The third-order valence-electron chi connectivity index (χ3n) is 5.26. The fourth-order valence-corrected chi connectivity index (χ4v) is 4.16. The van der Waals surface area contributed by atoms with Crippen LogP contribution in [0.3, 0.4) is 0 Å². The van der Waals surface area contributed by atoms with Crippen molar-refractivity contribution >= 4 is 0 Å². The Morgan fingerprint density at radius 1 is 1.20 bits per heavy atom. The first-order valence-electron chi connectivity index (χ1n) is 8.24. The minimum absolute atomic E-state index is 0.291. The minimum atomic E-state index is 0.291. The molecule has 1 aliphatic carbocycles. The van der Waals surface area contributed by atoms with Gasteiger partial charge >= 0.3 is 0 Å². The van der Waals surface area contributed by atoms with Gasteiger partial charge in [0.2, 0.25) is 0 Å². The van der Waals surface area contributed by atoms with Crippen LogP contribution >= 0.6 is 0 Å². The number of ether oxygens (including phenoxy) is 3. The summed E-state index contributed by atoms with van der Waals surface area (Å²) in [4.78, 5) is 0. The zero-order chi connectivity index (χ0) is 14.0. The van der Waals surface area contributed by atoms with E-state index in [9.17, 15) is 0 Å². The number of nitrogens with one attached hydrogen (secondary N) is 1. The summed E-state index contributed by atoms with van der Waals surface area (Å²) in [6.45, 7) is 9.16. The van der Waals surface area contributed by atoms with Gasteiger partial charge in [0.05, 0.1) is 18.8 Å². The van der Waals surface area contributed by atoms with Crippen LogP contribution in [0.5, 0.6) is 0 Å². The third kappa shape index (κ3) is 2.89. The molecule has 0 spiro atoms. The molecule has 0 aromatic heterocycles. The Kier molecular flexibility index (Phi) is 4.65. The summed E-state index contributed by atoms with van der Waals surface area (Å²) in [6.07, 6.45) is 5.49. The first-order valence-corrected chi connectivity index (χ1v) is 8.24. The number of hydrogen-bond acceptors (Lipinski definition) is 4. The van der Waals surface area contributed by atoms with Gasteiger partial charge in [0, 0.05) is 37.2 Å². The lowest BCUT2D eigenvalue weighted by molar-refractivity contribution is -0.112. The summed E-state index contributed by atoms with van der Waals surface area (Å²) in [5.74, 6) is 0.734. The van der Waals surface area contributed by atoms with Crippen LogP contribution in [0.15, 0.2) is 0 Å². The van der Waals surface area contributed by atoms with Crippen molar-refractivity contribution in [2.24, 2.45) is 11.3 Å². The fourth-order valence-electron chi connectivity index (χ4n) is 4.16. The SMILES string of the molecule is CC1(C)C(NCCCOCC2CCCO2)C2CCOC21. The van der Waals surface area contributed by atoms with E-state index in [0.717, 1.165) is 51.7 Å². The molecule has 0 aromatic carbocycles. The molecule has 2 saturated heterocycles. The molecule has 1 saturated carbocycles. The molecule has 20 heavy (non-hydrogen) atoms. The molecule has 3 fully saturated rings. The predicted molar refractivity (Wildman–Crippen MR) is 77.8 cm³/mol. The van der Waals surface area contributed by atoms with Gasteiger partial charge < -0.3 is 19.5 Å². The zero-order valence-electron chi connectivity index (χ0n) is 12.9. The lowest BCUT2D eigenvalue weighted by Crippen LogP contribution is -2.65. The van der Waals surface area contributed by atoms with Gasteiger partial charge in [-0.3, -0.25) is 0 Å². The highest BCUT2D eigenvalue weighted by Crippen LogP contribution is 2.51. The second kappa shape index (κ2) is 6.30. The van der Waals surface area contributed by atoms with Crippen LogP contribution in [0.2, 0.25) is 0 Å². The van der Waals surface area contributed by atoms with E-state index in [1.54, 1.807) is 0 Å². The van der Waals surface area contributed by atoms with E-state index in [0.29, 0.717) is 23.7 Å². The van der Waals surface area contributed by atoms with Gasteiger partial charge in [0.1, 0.15) is 0 Å². The highest BCUT2D eigenvalue weighted by atomic mass is 16.5. The van der Waals surface area contributed by atoms with Gasteiger partial charge in [-0.2, -0.15) is 0 Å². The highest BCUT2D eigenvalue weighted by Gasteiger charge is 2.58. The molecule has 1 N–H and O–H groups in total. The van der Waals surface area contributed by atoms with Gasteiger partial charge in [0.15, 0.2) is 0 Å². The van der Waals surface area contributed by atoms with Crippen molar-refractivity contribution in [2.75, 3.05) is 33.0 Å². The summed E-state index contributed by atoms with van der Waals surface area (Å²) in [6, 6.07) is 0.619. The Morgan fingerprint density at radius 3 is 2.90 bits per heavy atom. The number of fused-ring (bicyclic) bond motifs is 1. The zero-order valence-corrected chi connectivity index (χ0v) is 12.9. The molecular formula is C16H29NO3.